The first-order valence-electron chi connectivity index (χ1n) is 7.72. The molecule has 1 aromatic heterocycles. The molecule has 0 atom stereocenters. The Morgan fingerprint density at radius 1 is 1.22 bits per heavy atom. The van der Waals surface area contributed by atoms with Crippen LogP contribution < -0.4 is 9.04 Å². The van der Waals surface area contributed by atoms with Gasteiger partial charge in [-0.25, -0.2) is 17.7 Å². The van der Waals surface area contributed by atoms with Gasteiger partial charge >= 0.3 is 0 Å². The van der Waals surface area contributed by atoms with E-state index in [4.69, 9.17) is 4.74 Å². The van der Waals surface area contributed by atoms with E-state index in [1.807, 2.05) is 0 Å². The Labute approximate surface area is 159 Å². The standard InChI is InChI=1S/C17H15N3O5S2/c1-25-16-8-7-14(20(21)22)11-13(16)12-19(17-18-9-10-26-17)27(23,24)15-5-3-2-4-6-15/h2-11H,12H2,1H3. The molecule has 0 aliphatic rings. The predicted molar refractivity (Wildman–Crippen MR) is 102 cm³/mol. The van der Waals surface area contributed by atoms with Gasteiger partial charge in [0.15, 0.2) is 5.13 Å². The van der Waals surface area contributed by atoms with Gasteiger partial charge in [-0.2, -0.15) is 0 Å². The Morgan fingerprint density at radius 2 is 1.96 bits per heavy atom. The van der Waals surface area contributed by atoms with Crippen molar-refractivity contribution in [1.82, 2.24) is 4.98 Å². The van der Waals surface area contributed by atoms with Crippen LogP contribution in [0.4, 0.5) is 10.8 Å². The second-order valence-corrected chi connectivity index (χ2v) is 8.13. The minimum atomic E-state index is -3.92. The van der Waals surface area contributed by atoms with Crippen LogP contribution in [0.2, 0.25) is 0 Å². The molecular formula is C17H15N3O5S2. The van der Waals surface area contributed by atoms with Crippen molar-refractivity contribution < 1.29 is 18.1 Å². The smallest absolute Gasteiger partial charge is 0.270 e. The van der Waals surface area contributed by atoms with Gasteiger partial charge in [-0.3, -0.25) is 10.1 Å². The fourth-order valence-electron chi connectivity index (χ4n) is 2.47. The summed E-state index contributed by atoms with van der Waals surface area (Å²) in [7, 11) is -2.50. The number of methoxy groups -OCH3 is 1. The van der Waals surface area contributed by atoms with Gasteiger partial charge in [0.25, 0.3) is 15.7 Å². The van der Waals surface area contributed by atoms with Gasteiger partial charge in [-0.1, -0.05) is 18.2 Å². The maximum Gasteiger partial charge on any atom is 0.270 e. The zero-order chi connectivity index (χ0) is 19.4. The second kappa shape index (κ2) is 7.72. The van der Waals surface area contributed by atoms with E-state index >= 15 is 0 Å². The number of benzene rings is 2. The summed E-state index contributed by atoms with van der Waals surface area (Å²) < 4.78 is 32.7. The molecule has 0 amide bonds. The summed E-state index contributed by atoms with van der Waals surface area (Å²) in [5.41, 5.74) is 0.211. The number of hydrogen-bond acceptors (Lipinski definition) is 7. The number of hydrogen-bond donors (Lipinski definition) is 0. The number of anilines is 1. The molecule has 0 aliphatic heterocycles. The van der Waals surface area contributed by atoms with Gasteiger partial charge in [0.1, 0.15) is 5.75 Å². The summed E-state index contributed by atoms with van der Waals surface area (Å²) in [6, 6.07) is 12.0. The van der Waals surface area contributed by atoms with E-state index in [-0.39, 0.29) is 22.3 Å². The first-order valence-corrected chi connectivity index (χ1v) is 10.0. The number of nitro benzene ring substituents is 1. The third-order valence-corrected chi connectivity index (χ3v) is 6.41. The van der Waals surface area contributed by atoms with Crippen molar-refractivity contribution in [3.8, 4) is 5.75 Å². The fraction of sp³-hybridized carbons (Fsp3) is 0.118. The number of thiazole rings is 1. The molecule has 1 heterocycles. The number of nitrogens with zero attached hydrogens (tertiary/aromatic N) is 3. The van der Waals surface area contributed by atoms with Crippen molar-refractivity contribution in [2.75, 3.05) is 11.4 Å². The molecule has 0 radical (unpaired) electrons. The van der Waals surface area contributed by atoms with Crippen LogP contribution in [-0.2, 0) is 16.6 Å². The SMILES string of the molecule is COc1ccc([N+](=O)[O-])cc1CN(c1nccs1)S(=O)(=O)c1ccccc1. The normalized spacial score (nSPS) is 11.1. The van der Waals surface area contributed by atoms with E-state index in [2.05, 4.69) is 4.98 Å². The minimum Gasteiger partial charge on any atom is -0.496 e. The molecule has 27 heavy (non-hydrogen) atoms. The maximum atomic E-state index is 13.2. The van der Waals surface area contributed by atoms with Crippen LogP contribution in [-0.4, -0.2) is 25.4 Å². The quantitative estimate of drug-likeness (QED) is 0.441. The molecule has 0 saturated heterocycles. The van der Waals surface area contributed by atoms with Crippen LogP contribution in [0.25, 0.3) is 0 Å². The topological polar surface area (TPSA) is 103 Å². The lowest BCUT2D eigenvalue weighted by Crippen LogP contribution is -2.30. The number of rotatable bonds is 7. The highest BCUT2D eigenvalue weighted by Gasteiger charge is 2.28. The van der Waals surface area contributed by atoms with Gasteiger partial charge < -0.3 is 4.74 Å². The first kappa shape index (κ1) is 18.8. The van der Waals surface area contributed by atoms with E-state index in [0.717, 1.165) is 15.6 Å². The Hall–Kier alpha value is -2.98. The Balaban J connectivity index is 2.09. The summed E-state index contributed by atoms with van der Waals surface area (Å²) in [6.07, 6.45) is 1.50. The molecule has 3 rings (SSSR count). The van der Waals surface area contributed by atoms with Crippen molar-refractivity contribution in [3.05, 3.63) is 75.8 Å². The van der Waals surface area contributed by atoms with Crippen LogP contribution in [0, 0.1) is 10.1 Å². The molecule has 0 fully saturated rings. The fourth-order valence-corrected chi connectivity index (χ4v) is 4.76. The Kier molecular flexibility index (Phi) is 5.38. The lowest BCUT2D eigenvalue weighted by Gasteiger charge is -2.22. The average molecular weight is 405 g/mol. The van der Waals surface area contributed by atoms with E-state index in [1.165, 1.54) is 43.6 Å². The molecule has 8 nitrogen and oxygen atoms in total. The van der Waals surface area contributed by atoms with Crippen LogP contribution in [0.1, 0.15) is 5.56 Å². The molecule has 0 aliphatic carbocycles. The lowest BCUT2D eigenvalue weighted by molar-refractivity contribution is -0.384. The zero-order valence-electron chi connectivity index (χ0n) is 14.2. The van der Waals surface area contributed by atoms with Gasteiger partial charge in [-0.05, 0) is 18.2 Å². The van der Waals surface area contributed by atoms with E-state index in [9.17, 15) is 18.5 Å². The highest BCUT2D eigenvalue weighted by atomic mass is 32.2. The average Bonchev–Trinajstić information content (AvgIpc) is 3.20. The minimum absolute atomic E-state index is 0.101. The summed E-state index contributed by atoms with van der Waals surface area (Å²) in [5.74, 6) is 0.352. The number of ether oxygens (including phenoxy) is 1. The van der Waals surface area contributed by atoms with Gasteiger partial charge in [0.05, 0.1) is 23.5 Å². The van der Waals surface area contributed by atoms with E-state index < -0.39 is 14.9 Å². The molecular weight excluding hydrogens is 390 g/mol. The van der Waals surface area contributed by atoms with Gasteiger partial charge in [0.2, 0.25) is 0 Å². The molecule has 2 aromatic carbocycles. The van der Waals surface area contributed by atoms with Crippen molar-refractivity contribution >= 4 is 32.2 Å². The van der Waals surface area contributed by atoms with Crippen LogP contribution in [0.5, 0.6) is 5.75 Å². The molecule has 0 spiro atoms. The summed E-state index contributed by atoms with van der Waals surface area (Å²) in [5, 5.41) is 13.0. The molecule has 0 unspecified atom stereocenters. The Bertz CT molecular complexity index is 1040. The number of aromatic nitrogens is 1. The van der Waals surface area contributed by atoms with Gasteiger partial charge in [-0.15, -0.1) is 11.3 Å². The molecule has 0 bridgehead atoms. The van der Waals surface area contributed by atoms with Crippen molar-refractivity contribution in [2.24, 2.45) is 0 Å². The van der Waals surface area contributed by atoms with Crippen molar-refractivity contribution in [3.63, 3.8) is 0 Å². The third-order valence-electron chi connectivity index (χ3n) is 3.75. The van der Waals surface area contributed by atoms with Crippen LogP contribution in [0.3, 0.4) is 0 Å². The summed E-state index contributed by atoms with van der Waals surface area (Å²) in [6.45, 7) is -0.157. The summed E-state index contributed by atoms with van der Waals surface area (Å²) in [4.78, 5) is 14.8. The number of sulfonamides is 1. The first-order chi connectivity index (χ1) is 12.9. The highest BCUT2D eigenvalue weighted by Crippen LogP contribution is 2.31. The number of non-ortho nitro benzene ring substituents is 1. The predicted octanol–water partition coefficient (Wildman–Crippen LogP) is 3.46. The largest absolute Gasteiger partial charge is 0.496 e. The molecule has 140 valence electrons. The van der Waals surface area contributed by atoms with Crippen LogP contribution in [0.15, 0.2) is 65.0 Å². The van der Waals surface area contributed by atoms with Crippen molar-refractivity contribution in [2.45, 2.75) is 11.4 Å². The van der Waals surface area contributed by atoms with E-state index in [1.54, 1.807) is 23.6 Å². The lowest BCUT2D eigenvalue weighted by atomic mass is 10.2. The van der Waals surface area contributed by atoms with Crippen molar-refractivity contribution in [1.29, 1.82) is 0 Å². The molecule has 10 heteroatoms. The third kappa shape index (κ3) is 3.91. The van der Waals surface area contributed by atoms with Crippen LogP contribution >= 0.6 is 11.3 Å². The summed E-state index contributed by atoms with van der Waals surface area (Å²) >= 11 is 1.16. The monoisotopic (exact) mass is 405 g/mol. The zero-order valence-corrected chi connectivity index (χ0v) is 15.8. The Morgan fingerprint density at radius 3 is 2.56 bits per heavy atom. The van der Waals surface area contributed by atoms with E-state index in [0.29, 0.717) is 11.3 Å². The number of nitro groups is 1. The molecule has 0 N–H and O–H groups in total. The second-order valence-electron chi connectivity index (χ2n) is 5.39. The maximum absolute atomic E-state index is 13.2. The molecule has 0 saturated carbocycles. The highest BCUT2D eigenvalue weighted by molar-refractivity contribution is 7.93. The van der Waals surface area contributed by atoms with Gasteiger partial charge in [0, 0.05) is 29.3 Å². The molecule has 3 aromatic rings.